The molecule has 0 atom stereocenters. The van der Waals surface area contributed by atoms with Gasteiger partial charge in [0.15, 0.2) is 0 Å². The van der Waals surface area contributed by atoms with Gasteiger partial charge in [0.05, 0.1) is 15.0 Å². The highest BCUT2D eigenvalue weighted by Gasteiger charge is 2.29. The van der Waals surface area contributed by atoms with Crippen LogP contribution in [0.15, 0.2) is 27.9 Å². The molecule has 1 amide bonds. The van der Waals surface area contributed by atoms with Gasteiger partial charge < -0.3 is 4.90 Å². The van der Waals surface area contributed by atoms with Gasteiger partial charge in [-0.2, -0.15) is 4.31 Å². The van der Waals surface area contributed by atoms with E-state index in [0.717, 1.165) is 4.70 Å². The number of benzene rings is 1. The van der Waals surface area contributed by atoms with Crippen LogP contribution in [0, 0.1) is 0 Å². The van der Waals surface area contributed by atoms with Crippen LogP contribution in [0.25, 0.3) is 10.1 Å². The Morgan fingerprint density at radius 1 is 1.17 bits per heavy atom. The summed E-state index contributed by atoms with van der Waals surface area (Å²) < 4.78 is 29.1. The van der Waals surface area contributed by atoms with E-state index in [2.05, 4.69) is 0 Å². The normalized spacial score (nSPS) is 16.9. The molecule has 0 radical (unpaired) electrons. The van der Waals surface area contributed by atoms with Gasteiger partial charge in [0, 0.05) is 40.2 Å². The largest absolute Gasteiger partial charge is 0.340 e. The summed E-state index contributed by atoms with van der Waals surface area (Å²) in [4.78, 5) is 25.1. The number of aromatic nitrogens is 1. The topological polar surface area (TPSA) is 79.7 Å². The van der Waals surface area contributed by atoms with E-state index in [1.165, 1.54) is 38.9 Å². The Morgan fingerprint density at radius 3 is 2.43 bits per heavy atom. The van der Waals surface area contributed by atoms with Crippen LogP contribution >= 0.6 is 11.5 Å². The van der Waals surface area contributed by atoms with Crippen molar-refractivity contribution in [1.82, 2.24) is 13.2 Å². The zero-order chi connectivity index (χ0) is 16.8. The van der Waals surface area contributed by atoms with Gasteiger partial charge in [0.25, 0.3) is 5.56 Å². The second-order valence-electron chi connectivity index (χ2n) is 5.46. The fourth-order valence-electron chi connectivity index (χ4n) is 2.67. The minimum absolute atomic E-state index is 0.0507. The van der Waals surface area contributed by atoms with E-state index in [-0.39, 0.29) is 29.5 Å². The number of carbonyl (C=O) groups excluding carboxylic acids is 1. The highest BCUT2D eigenvalue weighted by molar-refractivity contribution is 7.89. The highest BCUT2D eigenvalue weighted by Crippen LogP contribution is 2.23. The molecule has 3 rings (SSSR count). The molecule has 1 aromatic carbocycles. The lowest BCUT2D eigenvalue weighted by Crippen LogP contribution is -2.49. The Kier molecular flexibility index (Phi) is 4.03. The van der Waals surface area contributed by atoms with Gasteiger partial charge >= 0.3 is 0 Å². The summed E-state index contributed by atoms with van der Waals surface area (Å²) in [5, 5.41) is 0.418. The molecule has 0 aliphatic carbocycles. The Labute approximate surface area is 137 Å². The van der Waals surface area contributed by atoms with Crippen molar-refractivity contribution in [2.75, 3.05) is 26.2 Å². The lowest BCUT2D eigenvalue weighted by Gasteiger charge is -2.33. The molecular weight excluding hydrogens is 338 g/mol. The molecular formula is C14H17N3O4S2. The fraction of sp³-hybridized carbons (Fsp3) is 0.429. The van der Waals surface area contributed by atoms with Crippen LogP contribution < -0.4 is 5.56 Å². The summed E-state index contributed by atoms with van der Waals surface area (Å²) in [5.74, 6) is -0.0507. The van der Waals surface area contributed by atoms with Gasteiger partial charge in [0.1, 0.15) is 0 Å². The van der Waals surface area contributed by atoms with Crippen LogP contribution in [0.1, 0.15) is 6.92 Å². The third-order valence-corrected chi connectivity index (χ3v) is 6.91. The monoisotopic (exact) mass is 355 g/mol. The van der Waals surface area contributed by atoms with Gasteiger partial charge in [-0.3, -0.25) is 13.5 Å². The van der Waals surface area contributed by atoms with Crippen LogP contribution in [0.2, 0.25) is 0 Å². The van der Waals surface area contributed by atoms with Crippen molar-refractivity contribution in [3.05, 3.63) is 28.6 Å². The van der Waals surface area contributed by atoms with E-state index < -0.39 is 10.0 Å². The average Bonchev–Trinajstić information content (AvgIpc) is 2.82. The molecule has 0 bridgehead atoms. The molecule has 2 aromatic rings. The Bertz CT molecular complexity index is 921. The number of sulfonamides is 1. The zero-order valence-electron chi connectivity index (χ0n) is 12.9. The molecule has 9 heteroatoms. The third-order valence-electron chi connectivity index (χ3n) is 4.02. The van der Waals surface area contributed by atoms with Gasteiger partial charge in [-0.25, -0.2) is 8.42 Å². The minimum Gasteiger partial charge on any atom is -0.340 e. The standard InChI is InChI=1S/C14H17N3O4S2/c1-10(18)16-5-7-17(8-6-16)23(20,21)11-3-4-13-12(9-11)14(19)15(2)22-13/h3-4,9H,5-8H2,1-2H3. The van der Waals surface area contributed by atoms with Crippen LogP contribution in [0.5, 0.6) is 0 Å². The number of fused-ring (bicyclic) bond motifs is 1. The number of hydrogen-bond acceptors (Lipinski definition) is 5. The molecule has 124 valence electrons. The van der Waals surface area contributed by atoms with Crippen LogP contribution in [0.4, 0.5) is 0 Å². The zero-order valence-corrected chi connectivity index (χ0v) is 14.5. The van der Waals surface area contributed by atoms with Gasteiger partial charge in [-0.05, 0) is 18.2 Å². The van der Waals surface area contributed by atoms with Crippen molar-refractivity contribution >= 4 is 37.5 Å². The number of nitrogens with zero attached hydrogens (tertiary/aromatic N) is 3. The van der Waals surface area contributed by atoms with E-state index in [1.54, 1.807) is 18.0 Å². The lowest BCUT2D eigenvalue weighted by molar-refractivity contribution is -0.129. The first-order valence-corrected chi connectivity index (χ1v) is 9.38. The van der Waals surface area contributed by atoms with E-state index in [1.807, 2.05) is 0 Å². The maximum atomic E-state index is 12.7. The highest BCUT2D eigenvalue weighted by atomic mass is 32.2. The maximum Gasteiger partial charge on any atom is 0.268 e. The van der Waals surface area contributed by atoms with Crippen molar-refractivity contribution in [2.45, 2.75) is 11.8 Å². The molecule has 0 spiro atoms. The molecule has 0 N–H and O–H groups in total. The molecule has 0 unspecified atom stereocenters. The lowest BCUT2D eigenvalue weighted by atomic mass is 10.3. The van der Waals surface area contributed by atoms with Crippen molar-refractivity contribution in [2.24, 2.45) is 7.05 Å². The Hall–Kier alpha value is -1.71. The summed E-state index contributed by atoms with van der Waals surface area (Å²) in [7, 11) is -2.00. The second-order valence-corrected chi connectivity index (χ2v) is 8.57. The molecule has 1 fully saturated rings. The summed E-state index contributed by atoms with van der Waals surface area (Å²) in [5.41, 5.74) is -0.191. The number of amides is 1. The van der Waals surface area contributed by atoms with Crippen molar-refractivity contribution in [3.8, 4) is 0 Å². The first kappa shape index (κ1) is 16.2. The summed E-state index contributed by atoms with van der Waals surface area (Å²) in [6.45, 7) is 2.78. The van der Waals surface area contributed by atoms with Crippen LogP contribution in [0.3, 0.4) is 0 Å². The Morgan fingerprint density at radius 2 is 1.83 bits per heavy atom. The molecule has 0 saturated carbocycles. The number of carbonyl (C=O) groups is 1. The first-order chi connectivity index (χ1) is 10.8. The number of piperazine rings is 1. The van der Waals surface area contributed by atoms with Crippen LogP contribution in [-0.2, 0) is 21.9 Å². The Balaban J connectivity index is 1.93. The second kappa shape index (κ2) is 5.73. The van der Waals surface area contributed by atoms with E-state index in [4.69, 9.17) is 0 Å². The van der Waals surface area contributed by atoms with Crippen molar-refractivity contribution in [1.29, 1.82) is 0 Å². The first-order valence-electron chi connectivity index (χ1n) is 7.16. The smallest absolute Gasteiger partial charge is 0.268 e. The molecule has 1 aliphatic heterocycles. The van der Waals surface area contributed by atoms with Crippen molar-refractivity contribution < 1.29 is 13.2 Å². The van der Waals surface area contributed by atoms with Crippen molar-refractivity contribution in [3.63, 3.8) is 0 Å². The fourth-order valence-corrected chi connectivity index (χ4v) is 4.97. The summed E-state index contributed by atoms with van der Waals surface area (Å²) in [6, 6.07) is 4.64. The third kappa shape index (κ3) is 2.79. The average molecular weight is 355 g/mol. The van der Waals surface area contributed by atoms with E-state index >= 15 is 0 Å². The quantitative estimate of drug-likeness (QED) is 0.784. The number of rotatable bonds is 2. The molecule has 7 nitrogen and oxygen atoms in total. The molecule has 1 aliphatic rings. The van der Waals surface area contributed by atoms with E-state index in [9.17, 15) is 18.0 Å². The predicted molar refractivity (Wildman–Crippen MR) is 88.1 cm³/mol. The summed E-state index contributed by atoms with van der Waals surface area (Å²) >= 11 is 1.29. The SMILES string of the molecule is CC(=O)N1CCN(S(=O)(=O)c2ccc3sn(C)c(=O)c3c2)CC1. The van der Waals surface area contributed by atoms with Gasteiger partial charge in [-0.15, -0.1) is 0 Å². The predicted octanol–water partition coefficient (Wildman–Crippen LogP) is 0.453. The van der Waals surface area contributed by atoms with Gasteiger partial charge in [0.2, 0.25) is 15.9 Å². The molecule has 1 aromatic heterocycles. The maximum absolute atomic E-state index is 12.7. The molecule has 1 saturated heterocycles. The van der Waals surface area contributed by atoms with Crippen LogP contribution in [-0.4, -0.2) is 53.7 Å². The van der Waals surface area contributed by atoms with Gasteiger partial charge in [-0.1, -0.05) is 11.5 Å². The minimum atomic E-state index is -3.66. The molecule has 23 heavy (non-hydrogen) atoms. The van der Waals surface area contributed by atoms with E-state index in [0.29, 0.717) is 18.5 Å². The molecule has 2 heterocycles. The summed E-state index contributed by atoms with van der Waals surface area (Å²) in [6.07, 6.45) is 0. The number of aryl methyl sites for hydroxylation is 1. The number of hydrogen-bond donors (Lipinski definition) is 0.